The smallest absolute Gasteiger partial charge is 0.257 e. The molecule has 0 fully saturated rings. The standard InChI is InChI=1S/C11H18N4O2S/c1-3-4-6-17-7-5-14-11-8(10(16)13-2)9(12)15-18-11/h3,14H,1,4-7H2,2H3,(H2,12,15)(H,13,16). The van der Waals surface area contributed by atoms with Gasteiger partial charge in [-0.25, -0.2) is 0 Å². The Labute approximate surface area is 110 Å². The van der Waals surface area contributed by atoms with Crippen molar-refractivity contribution in [2.75, 3.05) is 37.9 Å². The zero-order valence-corrected chi connectivity index (χ0v) is 11.2. The molecule has 1 aromatic rings. The third-order valence-corrected chi connectivity index (χ3v) is 2.99. The van der Waals surface area contributed by atoms with E-state index in [2.05, 4.69) is 21.6 Å². The lowest BCUT2D eigenvalue weighted by atomic mass is 10.3. The molecule has 4 N–H and O–H groups in total. The van der Waals surface area contributed by atoms with Gasteiger partial charge in [-0.1, -0.05) is 6.08 Å². The summed E-state index contributed by atoms with van der Waals surface area (Å²) >= 11 is 1.17. The first-order chi connectivity index (χ1) is 8.70. The topological polar surface area (TPSA) is 89.3 Å². The number of hydrogen-bond donors (Lipinski definition) is 3. The van der Waals surface area contributed by atoms with Crippen LogP contribution in [0.25, 0.3) is 0 Å². The molecular weight excluding hydrogens is 252 g/mol. The van der Waals surface area contributed by atoms with Crippen LogP contribution in [0.15, 0.2) is 12.7 Å². The van der Waals surface area contributed by atoms with E-state index in [1.807, 2.05) is 0 Å². The molecule has 7 heteroatoms. The minimum atomic E-state index is -0.240. The highest BCUT2D eigenvalue weighted by Crippen LogP contribution is 2.26. The molecule has 18 heavy (non-hydrogen) atoms. The van der Waals surface area contributed by atoms with Gasteiger partial charge >= 0.3 is 0 Å². The Bertz CT molecular complexity index is 406. The Balaban J connectivity index is 2.42. The fourth-order valence-electron chi connectivity index (χ4n) is 1.27. The van der Waals surface area contributed by atoms with Crippen molar-refractivity contribution in [1.82, 2.24) is 9.69 Å². The summed E-state index contributed by atoms with van der Waals surface area (Å²) in [5.41, 5.74) is 6.04. The number of hydrogen-bond acceptors (Lipinski definition) is 6. The zero-order valence-electron chi connectivity index (χ0n) is 10.4. The van der Waals surface area contributed by atoms with Crippen LogP contribution in [0.2, 0.25) is 0 Å². The molecule has 0 atom stereocenters. The van der Waals surface area contributed by atoms with Crippen LogP contribution in [0.3, 0.4) is 0 Å². The van der Waals surface area contributed by atoms with Gasteiger partial charge in [0.15, 0.2) is 5.82 Å². The van der Waals surface area contributed by atoms with Gasteiger partial charge in [-0.05, 0) is 18.0 Å². The molecule has 1 amide bonds. The summed E-state index contributed by atoms with van der Waals surface area (Å²) in [6.07, 6.45) is 2.64. The third-order valence-electron chi connectivity index (χ3n) is 2.17. The molecule has 1 aromatic heterocycles. The Morgan fingerprint density at radius 1 is 1.61 bits per heavy atom. The van der Waals surface area contributed by atoms with Gasteiger partial charge in [0.05, 0.1) is 13.2 Å². The van der Waals surface area contributed by atoms with Crippen molar-refractivity contribution in [2.45, 2.75) is 6.42 Å². The SMILES string of the molecule is C=CCCOCCNc1snc(N)c1C(=O)NC. The molecule has 0 radical (unpaired) electrons. The summed E-state index contributed by atoms with van der Waals surface area (Å²) in [6.45, 7) is 5.41. The first-order valence-electron chi connectivity index (χ1n) is 5.60. The number of nitrogens with two attached hydrogens (primary N) is 1. The molecule has 0 aliphatic rings. The average Bonchev–Trinajstić information content (AvgIpc) is 2.74. The van der Waals surface area contributed by atoms with Crippen molar-refractivity contribution in [3.63, 3.8) is 0 Å². The minimum absolute atomic E-state index is 0.240. The summed E-state index contributed by atoms with van der Waals surface area (Å²) < 4.78 is 9.30. The molecule has 0 aliphatic heterocycles. The normalized spacial score (nSPS) is 10.1. The van der Waals surface area contributed by atoms with Crippen LogP contribution in [0.5, 0.6) is 0 Å². The van der Waals surface area contributed by atoms with E-state index in [-0.39, 0.29) is 11.7 Å². The van der Waals surface area contributed by atoms with E-state index in [1.165, 1.54) is 11.5 Å². The van der Waals surface area contributed by atoms with E-state index in [4.69, 9.17) is 10.5 Å². The van der Waals surface area contributed by atoms with Crippen molar-refractivity contribution in [3.8, 4) is 0 Å². The number of amides is 1. The monoisotopic (exact) mass is 270 g/mol. The molecule has 0 saturated heterocycles. The molecule has 0 saturated carbocycles. The lowest BCUT2D eigenvalue weighted by Crippen LogP contribution is -2.20. The Morgan fingerprint density at radius 2 is 2.39 bits per heavy atom. The second kappa shape index (κ2) is 7.67. The molecule has 1 heterocycles. The van der Waals surface area contributed by atoms with Crippen LogP contribution in [-0.4, -0.2) is 37.1 Å². The molecule has 0 aliphatic carbocycles. The van der Waals surface area contributed by atoms with Crippen molar-refractivity contribution >= 4 is 28.3 Å². The maximum atomic E-state index is 11.6. The maximum Gasteiger partial charge on any atom is 0.257 e. The van der Waals surface area contributed by atoms with Crippen LogP contribution in [-0.2, 0) is 4.74 Å². The average molecular weight is 270 g/mol. The van der Waals surface area contributed by atoms with E-state index in [0.717, 1.165) is 6.42 Å². The van der Waals surface area contributed by atoms with Crippen LogP contribution >= 0.6 is 11.5 Å². The van der Waals surface area contributed by atoms with Crippen molar-refractivity contribution < 1.29 is 9.53 Å². The minimum Gasteiger partial charge on any atom is -0.382 e. The van der Waals surface area contributed by atoms with Crippen molar-refractivity contribution in [3.05, 3.63) is 18.2 Å². The van der Waals surface area contributed by atoms with Gasteiger partial charge in [0, 0.05) is 13.6 Å². The summed E-state index contributed by atoms with van der Waals surface area (Å²) in [5.74, 6) is 0.00533. The van der Waals surface area contributed by atoms with Gasteiger partial charge < -0.3 is 21.1 Å². The first-order valence-corrected chi connectivity index (χ1v) is 6.37. The van der Waals surface area contributed by atoms with E-state index < -0.39 is 0 Å². The maximum absolute atomic E-state index is 11.6. The highest BCUT2D eigenvalue weighted by atomic mass is 32.1. The van der Waals surface area contributed by atoms with Crippen molar-refractivity contribution in [2.24, 2.45) is 0 Å². The van der Waals surface area contributed by atoms with Crippen LogP contribution in [0.1, 0.15) is 16.8 Å². The molecule has 0 aromatic carbocycles. The van der Waals surface area contributed by atoms with Gasteiger partial charge in [0.25, 0.3) is 5.91 Å². The molecule has 0 bridgehead atoms. The van der Waals surface area contributed by atoms with Gasteiger partial charge in [0.2, 0.25) is 0 Å². The molecule has 100 valence electrons. The first kappa shape index (κ1) is 14.5. The summed E-state index contributed by atoms with van der Waals surface area (Å²) in [6, 6.07) is 0. The fraction of sp³-hybridized carbons (Fsp3) is 0.455. The van der Waals surface area contributed by atoms with Gasteiger partial charge in [-0.15, -0.1) is 6.58 Å². The Kier molecular flexibility index (Phi) is 6.16. The summed E-state index contributed by atoms with van der Waals surface area (Å²) in [7, 11) is 1.56. The number of anilines is 2. The van der Waals surface area contributed by atoms with E-state index in [1.54, 1.807) is 13.1 Å². The number of rotatable bonds is 8. The molecule has 6 nitrogen and oxygen atoms in total. The van der Waals surface area contributed by atoms with E-state index in [9.17, 15) is 4.79 Å². The predicted molar refractivity (Wildman–Crippen MR) is 74.0 cm³/mol. The fourth-order valence-corrected chi connectivity index (χ4v) is 2.01. The van der Waals surface area contributed by atoms with Gasteiger partial charge in [-0.3, -0.25) is 4.79 Å². The summed E-state index contributed by atoms with van der Waals surface area (Å²) in [5, 5.41) is 6.29. The highest BCUT2D eigenvalue weighted by Gasteiger charge is 2.17. The van der Waals surface area contributed by atoms with Crippen LogP contribution in [0, 0.1) is 0 Å². The number of nitrogens with one attached hydrogen (secondary N) is 2. The zero-order chi connectivity index (χ0) is 13.4. The number of nitrogens with zero attached hydrogens (tertiary/aromatic N) is 1. The lowest BCUT2D eigenvalue weighted by Gasteiger charge is -2.06. The Hall–Kier alpha value is -1.60. The highest BCUT2D eigenvalue weighted by molar-refractivity contribution is 7.11. The van der Waals surface area contributed by atoms with Crippen molar-refractivity contribution in [1.29, 1.82) is 0 Å². The second-order valence-electron chi connectivity index (χ2n) is 3.47. The number of carbonyl (C=O) groups excluding carboxylic acids is 1. The largest absolute Gasteiger partial charge is 0.382 e. The number of aromatic nitrogens is 1. The molecular formula is C11H18N4O2S. The third kappa shape index (κ3) is 4.01. The van der Waals surface area contributed by atoms with E-state index >= 15 is 0 Å². The number of carbonyl (C=O) groups is 1. The quantitative estimate of drug-likeness (QED) is 0.486. The molecule has 0 spiro atoms. The molecule has 0 unspecified atom stereocenters. The predicted octanol–water partition coefficient (Wildman–Crippen LogP) is 1.09. The number of ether oxygens (including phenoxy) is 1. The van der Waals surface area contributed by atoms with Crippen LogP contribution < -0.4 is 16.4 Å². The second-order valence-corrected chi connectivity index (χ2v) is 4.24. The van der Waals surface area contributed by atoms with Crippen LogP contribution in [0.4, 0.5) is 10.8 Å². The Morgan fingerprint density at radius 3 is 3.06 bits per heavy atom. The summed E-state index contributed by atoms with van der Waals surface area (Å²) in [4.78, 5) is 11.6. The van der Waals surface area contributed by atoms with E-state index in [0.29, 0.717) is 30.3 Å². The molecule has 1 rings (SSSR count). The van der Waals surface area contributed by atoms with Gasteiger partial charge in [-0.2, -0.15) is 4.37 Å². The lowest BCUT2D eigenvalue weighted by molar-refractivity contribution is 0.0965. The number of nitrogen functional groups attached to an aromatic ring is 1. The van der Waals surface area contributed by atoms with Gasteiger partial charge in [0.1, 0.15) is 10.6 Å².